The zero-order valence-corrected chi connectivity index (χ0v) is 13.4. The molecule has 0 fully saturated rings. The predicted molar refractivity (Wildman–Crippen MR) is 83.5 cm³/mol. The Morgan fingerprint density at radius 2 is 2.29 bits per heavy atom. The fourth-order valence-electron chi connectivity index (χ4n) is 1.52. The number of aromatic amines is 1. The lowest BCUT2D eigenvalue weighted by Crippen LogP contribution is -2.25. The minimum Gasteiger partial charge on any atom is -0.354 e. The molecule has 0 aliphatic carbocycles. The molecule has 0 aliphatic heterocycles. The van der Waals surface area contributed by atoms with Crippen LogP contribution in [-0.2, 0) is 4.79 Å². The van der Waals surface area contributed by atoms with Gasteiger partial charge < -0.3 is 5.32 Å². The molecule has 0 spiro atoms. The summed E-state index contributed by atoms with van der Waals surface area (Å²) in [6.07, 6.45) is 0.309. The number of aromatic nitrogens is 3. The van der Waals surface area contributed by atoms with E-state index in [9.17, 15) is 4.79 Å². The van der Waals surface area contributed by atoms with Gasteiger partial charge in [0.2, 0.25) is 11.1 Å². The predicted octanol–water partition coefficient (Wildman–Crippen LogP) is 2.36. The van der Waals surface area contributed by atoms with Gasteiger partial charge in [-0.25, -0.2) is 4.98 Å². The van der Waals surface area contributed by atoms with Gasteiger partial charge >= 0.3 is 0 Å². The molecule has 0 saturated carbocycles. The third-order valence-electron chi connectivity index (χ3n) is 2.49. The van der Waals surface area contributed by atoms with Gasteiger partial charge in [-0.1, -0.05) is 45.9 Å². The van der Waals surface area contributed by atoms with E-state index in [0.29, 0.717) is 23.9 Å². The second kappa shape index (κ2) is 7.81. The van der Waals surface area contributed by atoms with Crippen molar-refractivity contribution in [1.82, 2.24) is 20.5 Å². The van der Waals surface area contributed by atoms with E-state index < -0.39 is 0 Å². The molecule has 108 valence electrons. The maximum absolute atomic E-state index is 11.5. The number of halogens is 1. The Kier molecular flexibility index (Phi) is 5.78. The van der Waals surface area contributed by atoms with Crippen LogP contribution in [0.2, 0.25) is 0 Å². The molecule has 8 heteroatoms. The molecule has 0 radical (unpaired) electrons. The molecule has 0 bridgehead atoms. The summed E-state index contributed by atoms with van der Waals surface area (Å²) in [5, 5.41) is 18.5. The van der Waals surface area contributed by atoms with E-state index >= 15 is 0 Å². The zero-order chi connectivity index (χ0) is 15.1. The van der Waals surface area contributed by atoms with E-state index in [4.69, 9.17) is 5.26 Å². The number of nitriles is 1. The Balaban J connectivity index is 1.91. The van der Waals surface area contributed by atoms with E-state index in [1.807, 2.05) is 30.3 Å². The number of hydrogen-bond acceptors (Lipinski definition) is 5. The highest BCUT2D eigenvalue weighted by Crippen LogP contribution is 2.26. The summed E-state index contributed by atoms with van der Waals surface area (Å²) in [4.78, 5) is 15.9. The SMILES string of the molecule is N#CCCNC(=O)CSc1n[nH]c(-c2ccccc2Br)n1. The van der Waals surface area contributed by atoms with Crippen molar-refractivity contribution in [2.24, 2.45) is 0 Å². The van der Waals surface area contributed by atoms with Gasteiger partial charge in [0.1, 0.15) is 0 Å². The summed E-state index contributed by atoms with van der Waals surface area (Å²) >= 11 is 4.70. The van der Waals surface area contributed by atoms with Gasteiger partial charge in [0.25, 0.3) is 0 Å². The van der Waals surface area contributed by atoms with Crippen molar-refractivity contribution in [1.29, 1.82) is 5.26 Å². The van der Waals surface area contributed by atoms with Crippen LogP contribution >= 0.6 is 27.7 Å². The van der Waals surface area contributed by atoms with Crippen molar-refractivity contribution in [3.63, 3.8) is 0 Å². The van der Waals surface area contributed by atoms with Crippen molar-refractivity contribution in [3.05, 3.63) is 28.7 Å². The molecular weight excluding hydrogens is 354 g/mol. The van der Waals surface area contributed by atoms with Gasteiger partial charge in [-0.2, -0.15) is 5.26 Å². The van der Waals surface area contributed by atoms with E-state index in [0.717, 1.165) is 10.0 Å². The number of H-pyrrole nitrogens is 1. The molecule has 2 N–H and O–H groups in total. The highest BCUT2D eigenvalue weighted by Gasteiger charge is 2.10. The minimum absolute atomic E-state index is 0.137. The lowest BCUT2D eigenvalue weighted by atomic mass is 10.2. The van der Waals surface area contributed by atoms with E-state index in [1.54, 1.807) is 0 Å². The molecule has 1 amide bonds. The zero-order valence-electron chi connectivity index (χ0n) is 11.0. The fraction of sp³-hybridized carbons (Fsp3) is 0.231. The number of benzene rings is 1. The maximum atomic E-state index is 11.5. The van der Waals surface area contributed by atoms with Crippen molar-refractivity contribution in [2.75, 3.05) is 12.3 Å². The Morgan fingerprint density at radius 3 is 3.05 bits per heavy atom. The Morgan fingerprint density at radius 1 is 1.48 bits per heavy atom. The van der Waals surface area contributed by atoms with Crippen LogP contribution in [0.3, 0.4) is 0 Å². The lowest BCUT2D eigenvalue weighted by Gasteiger charge is -2.00. The first-order chi connectivity index (χ1) is 10.2. The van der Waals surface area contributed by atoms with Crippen molar-refractivity contribution in [3.8, 4) is 17.5 Å². The van der Waals surface area contributed by atoms with Gasteiger partial charge in [-0.15, -0.1) is 5.10 Å². The van der Waals surface area contributed by atoms with Gasteiger partial charge in [-0.05, 0) is 6.07 Å². The molecule has 0 unspecified atom stereocenters. The van der Waals surface area contributed by atoms with Crippen LogP contribution in [0.5, 0.6) is 0 Å². The Labute approximate surface area is 134 Å². The number of amides is 1. The number of nitrogens with one attached hydrogen (secondary N) is 2. The Bertz CT molecular complexity index is 667. The molecule has 6 nitrogen and oxygen atoms in total. The van der Waals surface area contributed by atoms with Crippen LogP contribution in [0, 0.1) is 11.3 Å². The number of nitrogens with zero attached hydrogens (tertiary/aromatic N) is 3. The summed E-state index contributed by atoms with van der Waals surface area (Å²) in [6.45, 7) is 0.367. The summed E-state index contributed by atoms with van der Waals surface area (Å²) in [5.74, 6) is 0.732. The van der Waals surface area contributed by atoms with Crippen LogP contribution in [0.25, 0.3) is 11.4 Å². The number of thioether (sulfide) groups is 1. The van der Waals surface area contributed by atoms with Gasteiger partial charge in [-0.3, -0.25) is 9.89 Å². The Hall–Kier alpha value is -1.85. The first kappa shape index (κ1) is 15.5. The molecule has 2 rings (SSSR count). The van der Waals surface area contributed by atoms with Crippen molar-refractivity contribution < 1.29 is 4.79 Å². The van der Waals surface area contributed by atoms with Crippen LogP contribution in [-0.4, -0.2) is 33.4 Å². The topological polar surface area (TPSA) is 94.5 Å². The van der Waals surface area contributed by atoms with Gasteiger partial charge in [0, 0.05) is 16.6 Å². The third kappa shape index (κ3) is 4.58. The summed E-state index contributed by atoms with van der Waals surface area (Å²) in [6, 6.07) is 9.65. The summed E-state index contributed by atoms with van der Waals surface area (Å²) < 4.78 is 0.923. The van der Waals surface area contributed by atoms with Crippen LogP contribution in [0.1, 0.15) is 6.42 Å². The highest BCUT2D eigenvalue weighted by molar-refractivity contribution is 9.10. The van der Waals surface area contributed by atoms with Crippen LogP contribution < -0.4 is 5.32 Å². The summed E-state index contributed by atoms with van der Waals surface area (Å²) in [7, 11) is 0. The van der Waals surface area contributed by atoms with Crippen molar-refractivity contribution >= 4 is 33.6 Å². The first-order valence-electron chi connectivity index (χ1n) is 6.14. The smallest absolute Gasteiger partial charge is 0.230 e. The normalized spacial score (nSPS) is 10.1. The first-order valence-corrected chi connectivity index (χ1v) is 7.92. The quantitative estimate of drug-likeness (QED) is 0.605. The largest absolute Gasteiger partial charge is 0.354 e. The van der Waals surface area contributed by atoms with E-state index in [1.165, 1.54) is 11.8 Å². The van der Waals surface area contributed by atoms with Crippen LogP contribution in [0.4, 0.5) is 0 Å². The standard InChI is InChI=1S/C13H12BrN5OS/c14-10-5-2-1-4-9(10)12-17-13(19-18-12)21-8-11(20)16-7-3-6-15/h1-2,4-5H,3,7-8H2,(H,16,20)(H,17,18,19). The number of carbonyl (C=O) groups excluding carboxylic acids is 1. The molecule has 2 aromatic rings. The average molecular weight is 366 g/mol. The maximum Gasteiger partial charge on any atom is 0.230 e. The minimum atomic E-state index is -0.137. The molecule has 0 aliphatic rings. The molecule has 0 saturated heterocycles. The summed E-state index contributed by atoms with van der Waals surface area (Å²) in [5.41, 5.74) is 0.912. The van der Waals surface area contributed by atoms with Crippen molar-refractivity contribution in [2.45, 2.75) is 11.6 Å². The number of carbonyl (C=O) groups is 1. The second-order valence-electron chi connectivity index (χ2n) is 3.99. The van der Waals surface area contributed by atoms with E-state index in [2.05, 4.69) is 36.4 Å². The molecule has 21 heavy (non-hydrogen) atoms. The van der Waals surface area contributed by atoms with Gasteiger partial charge in [0.05, 0.1) is 18.2 Å². The van der Waals surface area contributed by atoms with Gasteiger partial charge in [0.15, 0.2) is 5.82 Å². The lowest BCUT2D eigenvalue weighted by molar-refractivity contribution is -0.118. The van der Waals surface area contributed by atoms with Crippen LogP contribution in [0.15, 0.2) is 33.9 Å². The van der Waals surface area contributed by atoms with E-state index in [-0.39, 0.29) is 11.7 Å². The molecule has 1 heterocycles. The third-order valence-corrected chi connectivity index (χ3v) is 4.02. The molecule has 0 atom stereocenters. The molecular formula is C13H12BrN5OS. The highest BCUT2D eigenvalue weighted by atomic mass is 79.9. The fourth-order valence-corrected chi connectivity index (χ4v) is 2.62. The molecule has 1 aromatic heterocycles. The molecule has 1 aromatic carbocycles. The number of rotatable bonds is 6. The number of hydrogen-bond donors (Lipinski definition) is 2. The average Bonchev–Trinajstić information content (AvgIpc) is 2.94. The second-order valence-corrected chi connectivity index (χ2v) is 5.79. The monoisotopic (exact) mass is 365 g/mol.